The van der Waals surface area contributed by atoms with E-state index >= 15 is 0 Å². The van der Waals surface area contributed by atoms with Crippen LogP contribution in [0.25, 0.3) is 0 Å². The first-order chi connectivity index (χ1) is 8.00. The van der Waals surface area contributed by atoms with Crippen LogP contribution in [0.3, 0.4) is 0 Å². The maximum Gasteiger partial charge on any atom is 0.241 e. The molecule has 0 spiro atoms. The van der Waals surface area contributed by atoms with E-state index in [1.54, 1.807) is 4.90 Å². The highest BCUT2D eigenvalue weighted by molar-refractivity contribution is 7.88. The molecule has 7 heteroatoms. The number of piperazine rings is 1. The van der Waals surface area contributed by atoms with Crippen molar-refractivity contribution >= 4 is 15.9 Å². The number of carbonyl (C=O) groups is 1. The van der Waals surface area contributed by atoms with Crippen molar-refractivity contribution in [3.05, 3.63) is 0 Å². The van der Waals surface area contributed by atoms with Crippen molar-refractivity contribution in [2.24, 2.45) is 0 Å². The van der Waals surface area contributed by atoms with Crippen molar-refractivity contribution < 1.29 is 13.2 Å². The Morgan fingerprint density at radius 3 is 2.47 bits per heavy atom. The van der Waals surface area contributed by atoms with E-state index in [0.717, 1.165) is 19.5 Å². The third-order valence-electron chi connectivity index (χ3n) is 3.34. The summed E-state index contributed by atoms with van der Waals surface area (Å²) < 4.78 is 24.5. The molecule has 0 aromatic heterocycles. The van der Waals surface area contributed by atoms with Crippen molar-refractivity contribution in [1.82, 2.24) is 14.5 Å². The van der Waals surface area contributed by atoms with Crippen LogP contribution in [0, 0.1) is 0 Å². The molecule has 6 nitrogen and oxygen atoms in total. The van der Waals surface area contributed by atoms with Crippen LogP contribution < -0.4 is 5.32 Å². The number of amides is 1. The van der Waals surface area contributed by atoms with Crippen LogP contribution in [0.5, 0.6) is 0 Å². The molecule has 2 fully saturated rings. The molecule has 1 unspecified atom stereocenters. The van der Waals surface area contributed by atoms with Gasteiger partial charge in [0.15, 0.2) is 0 Å². The van der Waals surface area contributed by atoms with Gasteiger partial charge in [-0.3, -0.25) is 4.79 Å². The van der Waals surface area contributed by atoms with E-state index in [1.165, 1.54) is 10.6 Å². The SMILES string of the molecule is CS(=O)(=O)N1CCCC1C(=O)N1CCNCC1. The predicted octanol–water partition coefficient (Wildman–Crippen LogP) is -1.16. The fourth-order valence-electron chi connectivity index (χ4n) is 2.48. The maximum absolute atomic E-state index is 12.2. The molecule has 98 valence electrons. The first-order valence-corrected chi connectivity index (χ1v) is 7.81. The smallest absolute Gasteiger partial charge is 0.241 e. The lowest BCUT2D eigenvalue weighted by Gasteiger charge is -2.32. The Kier molecular flexibility index (Phi) is 3.70. The summed E-state index contributed by atoms with van der Waals surface area (Å²) in [7, 11) is -3.27. The van der Waals surface area contributed by atoms with E-state index in [-0.39, 0.29) is 5.91 Å². The van der Waals surface area contributed by atoms with E-state index in [0.29, 0.717) is 26.1 Å². The minimum absolute atomic E-state index is 0.0329. The molecule has 2 aliphatic heterocycles. The second-order valence-electron chi connectivity index (χ2n) is 4.61. The Balaban J connectivity index is 2.07. The highest BCUT2D eigenvalue weighted by Gasteiger charge is 2.38. The quantitative estimate of drug-likeness (QED) is 0.681. The third-order valence-corrected chi connectivity index (χ3v) is 4.63. The fourth-order valence-corrected chi connectivity index (χ4v) is 3.60. The average molecular weight is 261 g/mol. The van der Waals surface area contributed by atoms with Crippen LogP contribution in [0.4, 0.5) is 0 Å². The van der Waals surface area contributed by atoms with Gasteiger partial charge >= 0.3 is 0 Å². The van der Waals surface area contributed by atoms with Gasteiger partial charge in [-0.15, -0.1) is 0 Å². The summed E-state index contributed by atoms with van der Waals surface area (Å²) in [6.45, 7) is 3.40. The molecule has 0 aromatic rings. The topological polar surface area (TPSA) is 69.7 Å². The fraction of sp³-hybridized carbons (Fsp3) is 0.900. The van der Waals surface area contributed by atoms with E-state index in [2.05, 4.69) is 5.32 Å². The number of hydrogen-bond donors (Lipinski definition) is 1. The number of carbonyl (C=O) groups excluding carboxylic acids is 1. The standard InChI is InChI=1S/C10H19N3O3S/c1-17(15,16)13-6-2-3-9(13)10(14)12-7-4-11-5-8-12/h9,11H,2-8H2,1H3. The average Bonchev–Trinajstić information content (AvgIpc) is 2.78. The van der Waals surface area contributed by atoms with E-state index in [1.807, 2.05) is 0 Å². The first-order valence-electron chi connectivity index (χ1n) is 5.96. The summed E-state index contributed by atoms with van der Waals surface area (Å²) in [6.07, 6.45) is 2.60. The van der Waals surface area contributed by atoms with Crippen LogP contribution in [0.1, 0.15) is 12.8 Å². The molecule has 0 saturated carbocycles. The Morgan fingerprint density at radius 2 is 1.88 bits per heavy atom. The van der Waals surface area contributed by atoms with Crippen LogP contribution in [-0.2, 0) is 14.8 Å². The monoisotopic (exact) mass is 261 g/mol. The minimum Gasteiger partial charge on any atom is -0.339 e. The van der Waals surface area contributed by atoms with Gasteiger partial charge in [0.1, 0.15) is 6.04 Å². The largest absolute Gasteiger partial charge is 0.339 e. The Hall–Kier alpha value is -0.660. The van der Waals surface area contributed by atoms with Crippen molar-refractivity contribution in [3.63, 3.8) is 0 Å². The highest BCUT2D eigenvalue weighted by Crippen LogP contribution is 2.22. The second kappa shape index (κ2) is 4.91. The van der Waals surface area contributed by atoms with Gasteiger partial charge in [-0.2, -0.15) is 4.31 Å². The van der Waals surface area contributed by atoms with E-state index in [9.17, 15) is 13.2 Å². The molecule has 1 atom stereocenters. The molecule has 1 amide bonds. The lowest BCUT2D eigenvalue weighted by atomic mass is 10.2. The minimum atomic E-state index is -3.27. The van der Waals surface area contributed by atoms with Crippen LogP contribution >= 0.6 is 0 Å². The van der Waals surface area contributed by atoms with Crippen LogP contribution in [-0.4, -0.2) is 68.6 Å². The lowest BCUT2D eigenvalue weighted by Crippen LogP contribution is -2.53. The molecule has 0 aliphatic carbocycles. The molecule has 2 aliphatic rings. The summed E-state index contributed by atoms with van der Waals surface area (Å²) in [6, 6.07) is -0.469. The lowest BCUT2D eigenvalue weighted by molar-refractivity contribution is -0.135. The van der Waals surface area contributed by atoms with Crippen LogP contribution in [0.2, 0.25) is 0 Å². The van der Waals surface area contributed by atoms with Gasteiger partial charge in [0.25, 0.3) is 0 Å². The van der Waals surface area contributed by atoms with E-state index < -0.39 is 16.1 Å². The van der Waals surface area contributed by atoms with Gasteiger partial charge in [-0.05, 0) is 12.8 Å². The normalized spacial score (nSPS) is 27.4. The first kappa shape index (κ1) is 12.8. The Bertz CT molecular complexity index is 390. The summed E-state index contributed by atoms with van der Waals surface area (Å²) in [5.41, 5.74) is 0. The second-order valence-corrected chi connectivity index (χ2v) is 6.54. The number of nitrogens with one attached hydrogen (secondary N) is 1. The molecular formula is C10H19N3O3S. The third kappa shape index (κ3) is 2.78. The molecule has 0 aromatic carbocycles. The van der Waals surface area contributed by atoms with Gasteiger partial charge in [0, 0.05) is 32.7 Å². The molecule has 1 N–H and O–H groups in total. The molecule has 0 radical (unpaired) electrons. The Labute approximate surface area is 102 Å². The van der Waals surface area contributed by atoms with Gasteiger partial charge in [0.2, 0.25) is 15.9 Å². The summed E-state index contributed by atoms with van der Waals surface area (Å²) in [5, 5.41) is 3.18. The van der Waals surface area contributed by atoms with Gasteiger partial charge in [0.05, 0.1) is 6.26 Å². The van der Waals surface area contributed by atoms with E-state index in [4.69, 9.17) is 0 Å². The molecular weight excluding hydrogens is 242 g/mol. The molecule has 0 bridgehead atoms. The Morgan fingerprint density at radius 1 is 1.24 bits per heavy atom. The van der Waals surface area contributed by atoms with Crippen LogP contribution in [0.15, 0.2) is 0 Å². The zero-order chi connectivity index (χ0) is 12.5. The molecule has 2 heterocycles. The van der Waals surface area contributed by atoms with Crippen molar-refractivity contribution in [3.8, 4) is 0 Å². The van der Waals surface area contributed by atoms with Crippen molar-refractivity contribution in [2.75, 3.05) is 39.0 Å². The zero-order valence-corrected chi connectivity index (χ0v) is 10.9. The molecule has 2 saturated heterocycles. The van der Waals surface area contributed by atoms with Gasteiger partial charge in [-0.25, -0.2) is 8.42 Å². The number of rotatable bonds is 2. The number of sulfonamides is 1. The number of hydrogen-bond acceptors (Lipinski definition) is 4. The predicted molar refractivity (Wildman–Crippen MR) is 64.0 cm³/mol. The highest BCUT2D eigenvalue weighted by atomic mass is 32.2. The maximum atomic E-state index is 12.2. The summed E-state index contributed by atoms with van der Waals surface area (Å²) in [4.78, 5) is 14.0. The van der Waals surface area contributed by atoms with Crippen molar-refractivity contribution in [2.45, 2.75) is 18.9 Å². The molecule has 2 rings (SSSR count). The summed E-state index contributed by atoms with van der Waals surface area (Å²) >= 11 is 0. The number of nitrogens with zero attached hydrogens (tertiary/aromatic N) is 2. The molecule has 17 heavy (non-hydrogen) atoms. The summed E-state index contributed by atoms with van der Waals surface area (Å²) in [5.74, 6) is -0.0329. The van der Waals surface area contributed by atoms with Gasteiger partial charge < -0.3 is 10.2 Å². The van der Waals surface area contributed by atoms with Gasteiger partial charge in [-0.1, -0.05) is 0 Å². The zero-order valence-electron chi connectivity index (χ0n) is 10.1. The van der Waals surface area contributed by atoms with Crippen molar-refractivity contribution in [1.29, 1.82) is 0 Å².